The molecule has 4 nitrogen and oxygen atoms in total. The van der Waals surface area contributed by atoms with Crippen LogP contribution in [0.1, 0.15) is 24.1 Å². The van der Waals surface area contributed by atoms with E-state index >= 15 is 0 Å². The molecule has 0 atom stereocenters. The molecule has 0 aliphatic heterocycles. The summed E-state index contributed by atoms with van der Waals surface area (Å²) in [5, 5.41) is 1.63. The van der Waals surface area contributed by atoms with Crippen LogP contribution in [-0.4, -0.2) is 15.0 Å². The summed E-state index contributed by atoms with van der Waals surface area (Å²) < 4.78 is 13.5. The molecule has 0 fully saturated rings. The van der Waals surface area contributed by atoms with Crippen LogP contribution in [0.3, 0.4) is 0 Å². The third-order valence-electron chi connectivity index (χ3n) is 3.92. The second-order valence-electron chi connectivity index (χ2n) is 5.18. The molecule has 2 heterocycles. The number of nitrogens with one attached hydrogen (secondary N) is 1. The van der Waals surface area contributed by atoms with Gasteiger partial charge in [-0.15, -0.1) is 0 Å². The van der Waals surface area contributed by atoms with Crippen molar-refractivity contribution in [2.45, 2.75) is 25.7 Å². The fourth-order valence-corrected chi connectivity index (χ4v) is 3.06. The monoisotopic (exact) mass is 269 g/mol. The summed E-state index contributed by atoms with van der Waals surface area (Å²) in [5.41, 5.74) is 2.68. The minimum atomic E-state index is -0.481. The normalized spacial score (nSPS) is 14.7. The van der Waals surface area contributed by atoms with E-state index in [-0.39, 0.29) is 5.82 Å². The quantitative estimate of drug-likeness (QED) is 0.682. The molecule has 2 aromatic heterocycles. The minimum Gasteiger partial charge on any atom is -0.339 e. The summed E-state index contributed by atoms with van der Waals surface area (Å²) in [7, 11) is 0. The van der Waals surface area contributed by atoms with Gasteiger partial charge in [-0.3, -0.25) is 0 Å². The Morgan fingerprint density at radius 2 is 2.00 bits per heavy atom. The van der Waals surface area contributed by atoms with Gasteiger partial charge >= 0.3 is 5.69 Å². The number of nitrogens with zero attached hydrogens (tertiary/aromatic N) is 2. The Kier molecular flexibility index (Phi) is 2.36. The van der Waals surface area contributed by atoms with Crippen molar-refractivity contribution in [2.24, 2.45) is 0 Å². The van der Waals surface area contributed by atoms with E-state index in [0.717, 1.165) is 53.2 Å². The van der Waals surface area contributed by atoms with Crippen LogP contribution in [0.15, 0.2) is 23.0 Å². The number of H-pyrrole nitrogens is 1. The van der Waals surface area contributed by atoms with Crippen LogP contribution in [0.5, 0.6) is 0 Å². The smallest absolute Gasteiger partial charge is 0.339 e. The van der Waals surface area contributed by atoms with Crippen molar-refractivity contribution in [3.63, 3.8) is 0 Å². The topological polar surface area (TPSA) is 58.6 Å². The second kappa shape index (κ2) is 4.10. The van der Waals surface area contributed by atoms with E-state index in [9.17, 15) is 9.18 Å². The van der Waals surface area contributed by atoms with Crippen molar-refractivity contribution in [3.8, 4) is 0 Å². The highest BCUT2D eigenvalue weighted by Crippen LogP contribution is 2.31. The predicted octanol–water partition coefficient (Wildman–Crippen LogP) is 2.49. The number of rotatable bonds is 0. The molecule has 0 radical (unpaired) electrons. The first-order valence-corrected chi connectivity index (χ1v) is 6.73. The lowest BCUT2D eigenvalue weighted by molar-refractivity contribution is 0.630. The van der Waals surface area contributed by atoms with Crippen molar-refractivity contribution >= 4 is 21.9 Å². The molecule has 3 aromatic rings. The first kappa shape index (κ1) is 11.5. The molecule has 0 saturated heterocycles. The van der Waals surface area contributed by atoms with E-state index in [1.54, 1.807) is 6.07 Å². The maximum atomic E-state index is 13.5. The zero-order valence-electron chi connectivity index (χ0n) is 10.7. The Bertz CT molecular complexity index is 901. The summed E-state index contributed by atoms with van der Waals surface area (Å²) in [4.78, 5) is 23.0. The Labute approximate surface area is 113 Å². The van der Waals surface area contributed by atoms with Crippen molar-refractivity contribution in [3.05, 3.63) is 45.8 Å². The van der Waals surface area contributed by atoms with Crippen LogP contribution in [0, 0.1) is 5.82 Å². The molecule has 0 amide bonds. The lowest BCUT2D eigenvalue weighted by Crippen LogP contribution is -2.11. The SMILES string of the molecule is O=c1nc2c(c3c(n1)[nH]c1ccc(F)cc13)CCCC2. The van der Waals surface area contributed by atoms with Gasteiger partial charge in [-0.25, -0.2) is 9.18 Å². The average molecular weight is 269 g/mol. The van der Waals surface area contributed by atoms with Gasteiger partial charge in [0.05, 0.1) is 5.69 Å². The number of halogens is 1. The second-order valence-corrected chi connectivity index (χ2v) is 5.18. The Balaban J connectivity index is 2.27. The fourth-order valence-electron chi connectivity index (χ4n) is 3.06. The third kappa shape index (κ3) is 1.62. The van der Waals surface area contributed by atoms with Gasteiger partial charge in [0, 0.05) is 16.3 Å². The van der Waals surface area contributed by atoms with Gasteiger partial charge < -0.3 is 4.98 Å². The van der Waals surface area contributed by atoms with E-state index in [4.69, 9.17) is 0 Å². The van der Waals surface area contributed by atoms with Crippen LogP contribution in [0.4, 0.5) is 4.39 Å². The Morgan fingerprint density at radius 1 is 1.15 bits per heavy atom. The van der Waals surface area contributed by atoms with Gasteiger partial charge in [0.2, 0.25) is 0 Å². The molecule has 1 aromatic carbocycles. The molecule has 1 aliphatic carbocycles. The standard InChI is InChI=1S/C15H12FN3O/c16-8-5-6-12-10(7-8)13-9-3-1-2-4-11(9)18-15(20)19-14(13)17-12/h5-7H,1-4H2,(H,17,18,19,20). The van der Waals surface area contributed by atoms with Gasteiger partial charge in [0.1, 0.15) is 11.5 Å². The fraction of sp³-hybridized carbons (Fsp3) is 0.267. The number of aryl methyl sites for hydroxylation is 2. The number of hydrogen-bond acceptors (Lipinski definition) is 3. The number of aromatic nitrogens is 3. The summed E-state index contributed by atoms with van der Waals surface area (Å²) in [6.45, 7) is 0. The molecule has 0 spiro atoms. The first-order chi connectivity index (χ1) is 9.72. The summed E-state index contributed by atoms with van der Waals surface area (Å²) >= 11 is 0. The summed E-state index contributed by atoms with van der Waals surface area (Å²) in [5.74, 6) is -0.287. The van der Waals surface area contributed by atoms with Gasteiger partial charge in [-0.05, 0) is 49.4 Å². The number of aromatic amines is 1. The molecular weight excluding hydrogens is 257 g/mol. The van der Waals surface area contributed by atoms with Crippen molar-refractivity contribution in [2.75, 3.05) is 0 Å². The highest BCUT2D eigenvalue weighted by atomic mass is 19.1. The van der Waals surface area contributed by atoms with E-state index in [2.05, 4.69) is 15.0 Å². The molecular formula is C15H12FN3O. The lowest BCUT2D eigenvalue weighted by Gasteiger charge is -2.12. The molecule has 5 heteroatoms. The van der Waals surface area contributed by atoms with Gasteiger partial charge in [0.25, 0.3) is 0 Å². The molecule has 0 bridgehead atoms. The largest absolute Gasteiger partial charge is 0.369 e. The maximum Gasteiger partial charge on any atom is 0.369 e. The van der Waals surface area contributed by atoms with Crippen LogP contribution in [0.2, 0.25) is 0 Å². The molecule has 0 unspecified atom stereocenters. The van der Waals surface area contributed by atoms with Crippen LogP contribution in [0.25, 0.3) is 21.9 Å². The zero-order chi connectivity index (χ0) is 13.7. The highest BCUT2D eigenvalue weighted by Gasteiger charge is 2.17. The van der Waals surface area contributed by atoms with Crippen LogP contribution >= 0.6 is 0 Å². The summed E-state index contributed by atoms with van der Waals surface area (Å²) in [6, 6.07) is 4.58. The molecule has 1 N–H and O–H groups in total. The van der Waals surface area contributed by atoms with Crippen LogP contribution in [-0.2, 0) is 12.8 Å². The van der Waals surface area contributed by atoms with E-state index in [1.165, 1.54) is 12.1 Å². The van der Waals surface area contributed by atoms with Crippen molar-refractivity contribution < 1.29 is 4.39 Å². The average Bonchev–Trinajstić information content (AvgIpc) is 2.69. The van der Waals surface area contributed by atoms with E-state index in [0.29, 0.717) is 5.65 Å². The number of hydrogen-bond donors (Lipinski definition) is 1. The van der Waals surface area contributed by atoms with Crippen molar-refractivity contribution in [1.29, 1.82) is 0 Å². The van der Waals surface area contributed by atoms with Gasteiger partial charge in [0.15, 0.2) is 0 Å². The summed E-state index contributed by atoms with van der Waals surface area (Å²) in [6.07, 6.45) is 3.74. The molecule has 20 heavy (non-hydrogen) atoms. The number of benzene rings is 1. The van der Waals surface area contributed by atoms with Crippen molar-refractivity contribution in [1.82, 2.24) is 15.0 Å². The number of fused-ring (bicyclic) bond motifs is 5. The molecule has 0 saturated carbocycles. The molecule has 1 aliphatic rings. The molecule has 100 valence electrons. The Hall–Kier alpha value is -2.30. The third-order valence-corrected chi connectivity index (χ3v) is 3.92. The van der Waals surface area contributed by atoms with E-state index < -0.39 is 5.69 Å². The lowest BCUT2D eigenvalue weighted by atomic mass is 9.94. The first-order valence-electron chi connectivity index (χ1n) is 6.73. The van der Waals surface area contributed by atoms with Gasteiger partial charge in [-0.1, -0.05) is 0 Å². The Morgan fingerprint density at radius 3 is 2.90 bits per heavy atom. The minimum absolute atomic E-state index is 0.287. The molecule has 4 rings (SSSR count). The van der Waals surface area contributed by atoms with Crippen LogP contribution < -0.4 is 5.69 Å². The zero-order valence-corrected chi connectivity index (χ0v) is 10.7. The van der Waals surface area contributed by atoms with Gasteiger partial charge in [-0.2, -0.15) is 9.97 Å². The highest BCUT2D eigenvalue weighted by molar-refractivity contribution is 6.07. The van der Waals surface area contributed by atoms with E-state index in [1.807, 2.05) is 0 Å². The maximum absolute atomic E-state index is 13.5. The predicted molar refractivity (Wildman–Crippen MR) is 74.3 cm³/mol.